The Bertz CT molecular complexity index is 734. The van der Waals surface area contributed by atoms with Gasteiger partial charge in [-0.2, -0.15) is 0 Å². The van der Waals surface area contributed by atoms with E-state index in [1.165, 1.54) is 0 Å². The number of carbonyl (C=O) groups is 1. The summed E-state index contributed by atoms with van der Waals surface area (Å²) in [5, 5.41) is 9.43. The minimum absolute atomic E-state index is 0.0306. The average molecular weight is 306 g/mol. The molecule has 2 unspecified atom stereocenters. The zero-order valence-electron chi connectivity index (χ0n) is 12.1. The minimum Gasteiger partial charge on any atom is -0.478 e. The third kappa shape index (κ3) is 2.60. The summed E-state index contributed by atoms with van der Waals surface area (Å²) in [6, 6.07) is 5.15. The average Bonchev–Trinajstić information content (AvgIpc) is 3.17. The van der Waals surface area contributed by atoms with Crippen LogP contribution in [0.2, 0.25) is 0 Å². The summed E-state index contributed by atoms with van der Waals surface area (Å²) in [6.45, 7) is 1.98. The van der Waals surface area contributed by atoms with Crippen LogP contribution in [0.1, 0.15) is 47.9 Å². The molecule has 0 spiro atoms. The van der Waals surface area contributed by atoms with Crippen molar-refractivity contribution in [1.29, 1.82) is 0 Å². The van der Waals surface area contributed by atoms with E-state index in [1.54, 1.807) is 18.4 Å². The number of hydrogen-bond acceptors (Lipinski definition) is 3. The maximum atomic E-state index is 11.6. The van der Waals surface area contributed by atoms with Crippen molar-refractivity contribution in [2.45, 2.75) is 31.7 Å². The van der Waals surface area contributed by atoms with E-state index in [2.05, 4.69) is 4.98 Å². The van der Waals surface area contributed by atoms with E-state index in [9.17, 15) is 14.1 Å². The molecule has 0 amide bonds. The molecular weight excluding hydrogens is 288 g/mol. The molecule has 6 heteroatoms. The van der Waals surface area contributed by atoms with Crippen LogP contribution in [-0.4, -0.2) is 36.8 Å². The third-order valence-electron chi connectivity index (χ3n) is 3.83. The number of aromatic nitrogens is 2. The van der Waals surface area contributed by atoms with E-state index in [1.807, 2.05) is 17.6 Å². The van der Waals surface area contributed by atoms with Gasteiger partial charge in [-0.05, 0) is 31.9 Å². The van der Waals surface area contributed by atoms with E-state index in [-0.39, 0.29) is 11.6 Å². The number of nitrogens with zero attached hydrogens (tertiary/aromatic N) is 2. The number of imidazole rings is 1. The molecule has 21 heavy (non-hydrogen) atoms. The van der Waals surface area contributed by atoms with E-state index in [0.717, 1.165) is 18.7 Å². The maximum absolute atomic E-state index is 11.6. The summed E-state index contributed by atoms with van der Waals surface area (Å²) in [6.07, 6.45) is 3.85. The van der Waals surface area contributed by atoms with Crippen LogP contribution in [0, 0.1) is 0 Å². The van der Waals surface area contributed by atoms with Gasteiger partial charge in [0.15, 0.2) is 0 Å². The fourth-order valence-corrected chi connectivity index (χ4v) is 3.66. The molecule has 0 saturated heterocycles. The fourth-order valence-electron chi connectivity index (χ4n) is 2.83. The third-order valence-corrected chi connectivity index (χ3v) is 4.78. The molecule has 3 rings (SSSR count). The van der Waals surface area contributed by atoms with Gasteiger partial charge >= 0.3 is 5.97 Å². The van der Waals surface area contributed by atoms with Gasteiger partial charge < -0.3 is 9.67 Å². The van der Waals surface area contributed by atoms with Gasteiger partial charge in [0.05, 0.1) is 16.6 Å². The molecule has 1 heterocycles. The molecule has 0 bridgehead atoms. The van der Waals surface area contributed by atoms with Gasteiger partial charge in [-0.25, -0.2) is 9.78 Å². The van der Waals surface area contributed by atoms with Crippen molar-refractivity contribution in [3.8, 4) is 0 Å². The monoisotopic (exact) mass is 306 g/mol. The van der Waals surface area contributed by atoms with Crippen LogP contribution in [0.25, 0.3) is 11.0 Å². The normalized spacial score (nSPS) is 17.8. The highest BCUT2D eigenvalue weighted by Gasteiger charge is 2.32. The molecule has 2 aromatic rings. The highest BCUT2D eigenvalue weighted by Crippen LogP contribution is 2.42. The SMILES string of the molecule is CC(CS(C)=O)n1c(C2CC2)nc2cccc(C(=O)O)c21. The number of hydrogen-bond donors (Lipinski definition) is 1. The Kier molecular flexibility index (Phi) is 3.57. The van der Waals surface area contributed by atoms with Crippen molar-refractivity contribution in [3.05, 3.63) is 29.6 Å². The molecule has 0 radical (unpaired) electrons. The molecule has 1 aliphatic carbocycles. The van der Waals surface area contributed by atoms with Gasteiger partial charge in [0.2, 0.25) is 0 Å². The molecule has 1 N–H and O–H groups in total. The van der Waals surface area contributed by atoms with Gasteiger partial charge in [-0.15, -0.1) is 0 Å². The molecule has 1 aromatic heterocycles. The van der Waals surface area contributed by atoms with Crippen molar-refractivity contribution in [1.82, 2.24) is 9.55 Å². The Morgan fingerprint density at radius 1 is 1.52 bits per heavy atom. The standard InChI is InChI=1S/C15H18N2O3S/c1-9(8-21(2)20)17-13-11(15(18)19)4-3-5-12(13)16-14(17)10-6-7-10/h3-5,9-10H,6-8H2,1-2H3,(H,18,19). The zero-order chi connectivity index (χ0) is 15.1. The van der Waals surface area contributed by atoms with Crippen LogP contribution in [0.4, 0.5) is 0 Å². The van der Waals surface area contributed by atoms with E-state index >= 15 is 0 Å². The summed E-state index contributed by atoms with van der Waals surface area (Å²) in [5.74, 6) is 0.899. The highest BCUT2D eigenvalue weighted by molar-refractivity contribution is 7.84. The Labute approximate surface area is 125 Å². The first-order valence-electron chi connectivity index (χ1n) is 7.03. The first-order chi connectivity index (χ1) is 9.99. The van der Waals surface area contributed by atoms with Gasteiger partial charge in [-0.1, -0.05) is 6.07 Å². The lowest BCUT2D eigenvalue weighted by atomic mass is 10.1. The topological polar surface area (TPSA) is 72.2 Å². The molecule has 112 valence electrons. The Morgan fingerprint density at radius 3 is 2.81 bits per heavy atom. The predicted octanol–water partition coefficient (Wildman–Crippen LogP) is 2.55. The van der Waals surface area contributed by atoms with Crippen LogP contribution in [0.15, 0.2) is 18.2 Å². The molecule has 5 nitrogen and oxygen atoms in total. The fraction of sp³-hybridized carbons (Fsp3) is 0.467. The molecule has 2 atom stereocenters. The Hall–Kier alpha value is -1.69. The van der Waals surface area contributed by atoms with Crippen molar-refractivity contribution in [2.75, 3.05) is 12.0 Å². The quantitative estimate of drug-likeness (QED) is 0.921. The maximum Gasteiger partial charge on any atom is 0.337 e. The van der Waals surface area contributed by atoms with E-state index in [4.69, 9.17) is 0 Å². The number of carboxylic acids is 1. The number of para-hydroxylation sites is 1. The van der Waals surface area contributed by atoms with Gasteiger partial charge in [0.1, 0.15) is 5.82 Å². The van der Waals surface area contributed by atoms with Gasteiger partial charge in [0, 0.05) is 34.8 Å². The highest BCUT2D eigenvalue weighted by atomic mass is 32.2. The number of aromatic carboxylic acids is 1. The summed E-state index contributed by atoms with van der Waals surface area (Å²) in [4.78, 5) is 16.2. The summed E-state index contributed by atoms with van der Waals surface area (Å²) >= 11 is 0. The summed E-state index contributed by atoms with van der Waals surface area (Å²) in [7, 11) is -0.938. The molecule has 1 saturated carbocycles. The Balaban J connectivity index is 2.24. The van der Waals surface area contributed by atoms with Gasteiger partial charge in [-0.3, -0.25) is 4.21 Å². The molecule has 0 aliphatic heterocycles. The van der Waals surface area contributed by atoms with Crippen molar-refractivity contribution < 1.29 is 14.1 Å². The van der Waals surface area contributed by atoms with Crippen LogP contribution in [0.5, 0.6) is 0 Å². The van der Waals surface area contributed by atoms with Crippen LogP contribution in [0.3, 0.4) is 0 Å². The number of fused-ring (bicyclic) bond motifs is 1. The number of rotatable bonds is 5. The lowest BCUT2D eigenvalue weighted by Gasteiger charge is -2.17. The predicted molar refractivity (Wildman–Crippen MR) is 82.3 cm³/mol. The number of benzene rings is 1. The van der Waals surface area contributed by atoms with Crippen LogP contribution in [-0.2, 0) is 10.8 Å². The van der Waals surface area contributed by atoms with E-state index in [0.29, 0.717) is 22.7 Å². The largest absolute Gasteiger partial charge is 0.478 e. The second-order valence-corrected chi connectivity index (χ2v) is 7.16. The van der Waals surface area contributed by atoms with Crippen LogP contribution < -0.4 is 0 Å². The summed E-state index contributed by atoms with van der Waals surface area (Å²) < 4.78 is 13.6. The first-order valence-corrected chi connectivity index (χ1v) is 8.76. The van der Waals surface area contributed by atoms with Crippen molar-refractivity contribution in [2.24, 2.45) is 0 Å². The second-order valence-electron chi connectivity index (χ2n) is 5.68. The van der Waals surface area contributed by atoms with Gasteiger partial charge in [0.25, 0.3) is 0 Å². The lowest BCUT2D eigenvalue weighted by molar-refractivity contribution is 0.0698. The molecule has 1 fully saturated rings. The smallest absolute Gasteiger partial charge is 0.337 e. The van der Waals surface area contributed by atoms with Crippen molar-refractivity contribution in [3.63, 3.8) is 0 Å². The lowest BCUT2D eigenvalue weighted by Crippen LogP contribution is -2.16. The first kappa shape index (κ1) is 14.3. The molecular formula is C15H18N2O3S. The molecule has 1 aliphatic rings. The van der Waals surface area contributed by atoms with Crippen molar-refractivity contribution >= 4 is 27.8 Å². The molecule has 1 aromatic carbocycles. The second kappa shape index (κ2) is 5.26. The Morgan fingerprint density at radius 2 is 2.24 bits per heavy atom. The number of carboxylic acid groups (broad SMARTS) is 1. The van der Waals surface area contributed by atoms with Crippen LogP contribution >= 0.6 is 0 Å². The zero-order valence-corrected chi connectivity index (χ0v) is 12.9. The summed E-state index contributed by atoms with van der Waals surface area (Å²) in [5.41, 5.74) is 1.64. The van der Waals surface area contributed by atoms with E-state index < -0.39 is 16.8 Å². The minimum atomic E-state index is -0.950.